The molecule has 4 rings (SSSR count). The van der Waals surface area contributed by atoms with Gasteiger partial charge in [-0.25, -0.2) is 9.69 Å². The number of benzene rings is 3. The number of rotatable bonds is 7. The number of imide groups is 1. The van der Waals surface area contributed by atoms with Gasteiger partial charge in [0.05, 0.1) is 21.3 Å². The van der Waals surface area contributed by atoms with E-state index < -0.39 is 16.9 Å². The summed E-state index contributed by atoms with van der Waals surface area (Å²) >= 11 is 2.09. The number of ether oxygens (including phenoxy) is 2. The molecular formula is C24H18IN3O6. The number of urea groups is 1. The van der Waals surface area contributed by atoms with E-state index in [1.54, 1.807) is 60.7 Å². The highest BCUT2D eigenvalue weighted by Gasteiger charge is 2.34. The van der Waals surface area contributed by atoms with Crippen LogP contribution in [0.15, 0.2) is 72.4 Å². The molecule has 1 saturated heterocycles. The minimum atomic E-state index is -0.521. The van der Waals surface area contributed by atoms with E-state index in [1.165, 1.54) is 19.2 Å². The van der Waals surface area contributed by atoms with Crippen LogP contribution in [0.3, 0.4) is 0 Å². The molecule has 1 N–H and O–H groups in total. The van der Waals surface area contributed by atoms with Crippen molar-refractivity contribution in [2.75, 3.05) is 12.0 Å². The van der Waals surface area contributed by atoms with E-state index in [-0.39, 0.29) is 18.0 Å². The highest BCUT2D eigenvalue weighted by Crippen LogP contribution is 2.35. The molecule has 0 saturated carbocycles. The Kier molecular flexibility index (Phi) is 6.77. The fourth-order valence-electron chi connectivity index (χ4n) is 3.35. The number of halogens is 1. The van der Waals surface area contributed by atoms with Crippen molar-refractivity contribution >= 4 is 52.0 Å². The van der Waals surface area contributed by atoms with Crippen LogP contribution in [-0.4, -0.2) is 24.0 Å². The number of methoxy groups -OCH3 is 1. The molecule has 3 aromatic carbocycles. The van der Waals surface area contributed by atoms with Crippen molar-refractivity contribution in [1.82, 2.24) is 5.32 Å². The molecule has 172 valence electrons. The molecule has 1 fully saturated rings. The summed E-state index contributed by atoms with van der Waals surface area (Å²) in [5.41, 5.74) is 2.03. The number of anilines is 1. The third-order valence-electron chi connectivity index (χ3n) is 4.99. The Hall–Kier alpha value is -3.93. The van der Waals surface area contributed by atoms with E-state index in [2.05, 4.69) is 27.9 Å². The highest BCUT2D eigenvalue weighted by molar-refractivity contribution is 14.1. The number of carbonyl (C=O) groups is 2. The summed E-state index contributed by atoms with van der Waals surface area (Å²) in [6, 6.07) is 17.7. The van der Waals surface area contributed by atoms with Crippen LogP contribution in [0.2, 0.25) is 0 Å². The molecule has 0 radical (unpaired) electrons. The zero-order valence-corrected chi connectivity index (χ0v) is 20.0. The molecule has 0 aromatic heterocycles. The number of para-hydroxylation sites is 1. The van der Waals surface area contributed by atoms with Crippen molar-refractivity contribution in [3.05, 3.63) is 97.2 Å². The molecule has 3 aromatic rings. The molecule has 1 heterocycles. The molecule has 1 aliphatic rings. The molecule has 34 heavy (non-hydrogen) atoms. The van der Waals surface area contributed by atoms with E-state index in [0.717, 1.165) is 14.0 Å². The molecule has 0 aliphatic carbocycles. The van der Waals surface area contributed by atoms with Crippen LogP contribution in [0.25, 0.3) is 6.08 Å². The van der Waals surface area contributed by atoms with Gasteiger partial charge in [-0.05, 0) is 76.2 Å². The number of nitro benzene ring substituents is 1. The Labute approximate surface area is 208 Å². The maximum Gasteiger partial charge on any atom is 0.333 e. The number of nitrogens with zero attached hydrogens (tertiary/aromatic N) is 2. The van der Waals surface area contributed by atoms with Gasteiger partial charge in [-0.15, -0.1) is 0 Å². The molecule has 10 heteroatoms. The number of nitrogens with one attached hydrogen (secondary N) is 1. The summed E-state index contributed by atoms with van der Waals surface area (Å²) in [7, 11) is 1.50. The Morgan fingerprint density at radius 3 is 2.44 bits per heavy atom. The summed E-state index contributed by atoms with van der Waals surface area (Å²) < 4.78 is 12.1. The van der Waals surface area contributed by atoms with Crippen molar-refractivity contribution < 1.29 is 24.0 Å². The normalized spacial score (nSPS) is 14.3. The Balaban J connectivity index is 1.55. The van der Waals surface area contributed by atoms with Crippen LogP contribution < -0.4 is 19.7 Å². The molecule has 0 unspecified atom stereocenters. The summed E-state index contributed by atoms with van der Waals surface area (Å²) in [6.07, 6.45) is 1.58. The third-order valence-corrected chi connectivity index (χ3v) is 5.79. The topological polar surface area (TPSA) is 111 Å². The lowest BCUT2D eigenvalue weighted by atomic mass is 10.1. The van der Waals surface area contributed by atoms with Gasteiger partial charge >= 0.3 is 6.03 Å². The second-order valence-corrected chi connectivity index (χ2v) is 8.37. The summed E-state index contributed by atoms with van der Waals surface area (Å²) in [5.74, 6) is 0.484. The summed E-state index contributed by atoms with van der Waals surface area (Å²) in [5, 5.41) is 13.4. The van der Waals surface area contributed by atoms with Gasteiger partial charge in [-0.3, -0.25) is 14.9 Å². The number of hydrogen-bond acceptors (Lipinski definition) is 6. The average molecular weight is 571 g/mol. The van der Waals surface area contributed by atoms with Crippen molar-refractivity contribution in [2.45, 2.75) is 6.61 Å². The summed E-state index contributed by atoms with van der Waals surface area (Å²) in [6.45, 7) is 0.186. The van der Waals surface area contributed by atoms with Crippen LogP contribution in [0.1, 0.15) is 11.1 Å². The standard InChI is InChI=1S/C24H18IN3O6/c1-33-21-13-16(12-20-23(29)27(24(30)26-20)17-5-3-2-4-6-17)11-19(25)22(21)34-14-15-7-9-18(10-8-15)28(31)32/h2-13H,14H2,1H3,(H,26,30)/b20-12+. The van der Waals surface area contributed by atoms with E-state index in [0.29, 0.717) is 22.7 Å². The van der Waals surface area contributed by atoms with Crippen molar-refractivity contribution in [2.24, 2.45) is 0 Å². The minimum Gasteiger partial charge on any atom is -0.493 e. The van der Waals surface area contributed by atoms with Gasteiger partial charge in [-0.2, -0.15) is 0 Å². The fourth-order valence-corrected chi connectivity index (χ4v) is 4.13. The lowest BCUT2D eigenvalue weighted by Gasteiger charge is -2.14. The lowest BCUT2D eigenvalue weighted by molar-refractivity contribution is -0.384. The monoisotopic (exact) mass is 571 g/mol. The predicted molar refractivity (Wildman–Crippen MR) is 134 cm³/mol. The molecule has 1 aliphatic heterocycles. The molecule has 0 bridgehead atoms. The summed E-state index contributed by atoms with van der Waals surface area (Å²) in [4.78, 5) is 36.6. The Morgan fingerprint density at radius 1 is 1.09 bits per heavy atom. The van der Waals surface area contributed by atoms with Crippen LogP contribution in [0, 0.1) is 13.7 Å². The first-order valence-corrected chi connectivity index (χ1v) is 11.1. The first-order chi connectivity index (χ1) is 16.4. The first kappa shape index (κ1) is 23.2. The number of non-ortho nitro benzene ring substituents is 1. The predicted octanol–water partition coefficient (Wildman–Crippen LogP) is 4.88. The van der Waals surface area contributed by atoms with Crippen molar-refractivity contribution in [3.63, 3.8) is 0 Å². The molecule has 3 amide bonds. The lowest BCUT2D eigenvalue weighted by Crippen LogP contribution is -2.30. The Morgan fingerprint density at radius 2 is 1.79 bits per heavy atom. The fraction of sp³-hybridized carbons (Fsp3) is 0.0833. The van der Waals surface area contributed by atoms with Gasteiger partial charge in [0.2, 0.25) is 0 Å². The number of hydrogen-bond donors (Lipinski definition) is 1. The second-order valence-electron chi connectivity index (χ2n) is 7.21. The highest BCUT2D eigenvalue weighted by atomic mass is 127. The largest absolute Gasteiger partial charge is 0.493 e. The number of amides is 3. The Bertz CT molecular complexity index is 1290. The average Bonchev–Trinajstić information content (AvgIpc) is 3.11. The van der Waals surface area contributed by atoms with E-state index >= 15 is 0 Å². The van der Waals surface area contributed by atoms with Gasteiger partial charge in [-0.1, -0.05) is 18.2 Å². The zero-order chi connectivity index (χ0) is 24.2. The maximum absolute atomic E-state index is 12.8. The molecule has 0 spiro atoms. The minimum absolute atomic E-state index is 0.00711. The quantitative estimate of drug-likeness (QED) is 0.142. The van der Waals surface area contributed by atoms with Gasteiger partial charge in [0, 0.05) is 12.1 Å². The van der Waals surface area contributed by atoms with E-state index in [9.17, 15) is 19.7 Å². The number of nitro groups is 1. The molecule has 9 nitrogen and oxygen atoms in total. The van der Waals surface area contributed by atoms with Crippen molar-refractivity contribution in [3.8, 4) is 11.5 Å². The van der Waals surface area contributed by atoms with Gasteiger partial charge in [0.15, 0.2) is 11.5 Å². The van der Waals surface area contributed by atoms with Gasteiger partial charge < -0.3 is 14.8 Å². The van der Waals surface area contributed by atoms with Crippen LogP contribution in [0.4, 0.5) is 16.2 Å². The SMILES string of the molecule is COc1cc(/C=C2/NC(=O)N(c3ccccc3)C2=O)cc(I)c1OCc1ccc([N+](=O)[O-])cc1. The first-order valence-electron chi connectivity index (χ1n) is 10.0. The number of carbonyl (C=O) groups excluding carboxylic acids is 2. The van der Waals surface area contributed by atoms with Crippen LogP contribution in [-0.2, 0) is 11.4 Å². The molecule has 0 atom stereocenters. The van der Waals surface area contributed by atoms with E-state index in [4.69, 9.17) is 9.47 Å². The second kappa shape index (κ2) is 9.91. The van der Waals surface area contributed by atoms with Crippen LogP contribution in [0.5, 0.6) is 11.5 Å². The molecular weight excluding hydrogens is 553 g/mol. The smallest absolute Gasteiger partial charge is 0.333 e. The van der Waals surface area contributed by atoms with E-state index in [1.807, 2.05) is 0 Å². The third kappa shape index (κ3) is 4.86. The van der Waals surface area contributed by atoms with Gasteiger partial charge in [0.1, 0.15) is 12.3 Å². The van der Waals surface area contributed by atoms with Gasteiger partial charge in [0.25, 0.3) is 11.6 Å². The van der Waals surface area contributed by atoms with Crippen molar-refractivity contribution in [1.29, 1.82) is 0 Å². The zero-order valence-electron chi connectivity index (χ0n) is 17.9. The maximum atomic E-state index is 12.8. The van der Waals surface area contributed by atoms with Crippen LogP contribution >= 0.6 is 22.6 Å².